The molecule has 5 rings (SSSR count). The lowest BCUT2D eigenvalue weighted by Gasteiger charge is -2.51. The fourth-order valence-corrected chi connectivity index (χ4v) is 8.91. The van der Waals surface area contributed by atoms with Crippen LogP contribution in [0.25, 0.3) is 0 Å². The summed E-state index contributed by atoms with van der Waals surface area (Å²) in [7, 11) is 0. The molecule has 0 N–H and O–H groups in total. The maximum atomic E-state index is 4.11. The Morgan fingerprint density at radius 1 is 0.643 bits per heavy atom. The van der Waals surface area contributed by atoms with E-state index in [4.69, 9.17) is 0 Å². The van der Waals surface area contributed by atoms with Gasteiger partial charge in [-0.2, -0.15) is 0 Å². The molecule has 28 heavy (non-hydrogen) atoms. The Balaban J connectivity index is 1.48. The van der Waals surface area contributed by atoms with E-state index in [1.54, 1.807) is 25.7 Å². The minimum absolute atomic E-state index is 0.802. The quantitative estimate of drug-likeness (QED) is 0.455. The van der Waals surface area contributed by atoms with Crippen molar-refractivity contribution >= 4 is 0 Å². The molecule has 1 heteroatoms. The first-order chi connectivity index (χ1) is 13.8. The summed E-state index contributed by atoms with van der Waals surface area (Å²) in [6, 6.07) is 2.77. The van der Waals surface area contributed by atoms with E-state index < -0.39 is 0 Å². The van der Waals surface area contributed by atoms with Crippen LogP contribution in [-0.2, 0) is 0 Å². The summed E-state index contributed by atoms with van der Waals surface area (Å²) >= 11 is 0. The van der Waals surface area contributed by atoms with Crippen molar-refractivity contribution in [3.05, 3.63) is 12.7 Å². The van der Waals surface area contributed by atoms with Crippen molar-refractivity contribution in [1.82, 2.24) is 4.90 Å². The van der Waals surface area contributed by atoms with E-state index in [9.17, 15) is 0 Å². The van der Waals surface area contributed by atoms with Gasteiger partial charge in [0, 0.05) is 18.1 Å². The third kappa shape index (κ3) is 3.52. The lowest BCUT2D eigenvalue weighted by Crippen LogP contribution is -2.55. The predicted molar refractivity (Wildman–Crippen MR) is 119 cm³/mol. The average Bonchev–Trinajstić information content (AvgIpc) is 2.86. The highest BCUT2D eigenvalue weighted by molar-refractivity contribution is 5.05. The number of nitrogens with zero attached hydrogens (tertiary/aromatic N) is 1. The highest BCUT2D eigenvalue weighted by Gasteiger charge is 2.52. The Bertz CT molecular complexity index is 532. The van der Waals surface area contributed by atoms with Gasteiger partial charge in [-0.25, -0.2) is 0 Å². The van der Waals surface area contributed by atoms with Crippen LogP contribution in [0.1, 0.15) is 103 Å². The molecule has 5 aliphatic rings. The zero-order valence-corrected chi connectivity index (χ0v) is 18.5. The molecule has 5 fully saturated rings. The fourth-order valence-electron chi connectivity index (χ4n) is 8.91. The maximum absolute atomic E-state index is 4.11. The lowest BCUT2D eigenvalue weighted by molar-refractivity contribution is -0.0151. The Morgan fingerprint density at radius 3 is 1.89 bits per heavy atom. The van der Waals surface area contributed by atoms with Crippen LogP contribution in [0.5, 0.6) is 0 Å². The molecular weight excluding hydrogens is 338 g/mol. The van der Waals surface area contributed by atoms with E-state index in [2.05, 4.69) is 24.5 Å². The zero-order chi connectivity index (χ0) is 19.1. The fraction of sp³-hybridized carbons (Fsp3) is 0.926. The molecule has 7 atom stereocenters. The zero-order valence-electron chi connectivity index (χ0n) is 18.5. The number of likely N-dealkylation sites (tertiary alicyclic amines) is 1. The molecule has 0 radical (unpaired) electrons. The summed E-state index contributed by atoms with van der Waals surface area (Å²) in [6.07, 6.45) is 24.8. The molecule has 158 valence electrons. The third-order valence-electron chi connectivity index (χ3n) is 10.1. The molecule has 1 nitrogen and oxygen atoms in total. The van der Waals surface area contributed by atoms with Crippen LogP contribution < -0.4 is 0 Å². The molecule has 1 aliphatic heterocycles. The van der Waals surface area contributed by atoms with Gasteiger partial charge in [-0.3, -0.25) is 4.90 Å². The second-order valence-corrected chi connectivity index (χ2v) is 11.5. The summed E-state index contributed by atoms with van der Waals surface area (Å²) in [4.78, 5) is 3.26. The van der Waals surface area contributed by atoms with E-state index >= 15 is 0 Å². The average molecular weight is 384 g/mol. The van der Waals surface area contributed by atoms with Crippen molar-refractivity contribution in [2.24, 2.45) is 35.5 Å². The van der Waals surface area contributed by atoms with Crippen LogP contribution in [-0.4, -0.2) is 23.0 Å². The smallest absolute Gasteiger partial charge is 0.0132 e. The number of allylic oxidation sites excluding steroid dienone is 1. The SMILES string of the molecule is C=CC1CCC(N2C3CCCCC3C3CCC(C)CC3C3CCCCC32)CC1. The monoisotopic (exact) mass is 383 g/mol. The van der Waals surface area contributed by atoms with Gasteiger partial charge >= 0.3 is 0 Å². The molecule has 4 aliphatic carbocycles. The van der Waals surface area contributed by atoms with Gasteiger partial charge in [0.05, 0.1) is 0 Å². The molecule has 0 aromatic rings. The molecule has 1 heterocycles. The van der Waals surface area contributed by atoms with Crippen LogP contribution >= 0.6 is 0 Å². The molecule has 0 amide bonds. The van der Waals surface area contributed by atoms with Crippen molar-refractivity contribution < 1.29 is 0 Å². The topological polar surface area (TPSA) is 3.24 Å². The van der Waals surface area contributed by atoms with Gasteiger partial charge in [0.2, 0.25) is 0 Å². The second kappa shape index (κ2) is 8.44. The summed E-state index contributed by atoms with van der Waals surface area (Å²) < 4.78 is 0. The number of hydrogen-bond acceptors (Lipinski definition) is 1. The summed E-state index contributed by atoms with van der Waals surface area (Å²) in [5.41, 5.74) is 0. The molecule has 4 saturated carbocycles. The molecule has 0 spiro atoms. The van der Waals surface area contributed by atoms with Gasteiger partial charge in [-0.1, -0.05) is 45.1 Å². The first-order valence-electron chi connectivity index (χ1n) is 13.2. The van der Waals surface area contributed by atoms with Crippen LogP contribution in [0, 0.1) is 35.5 Å². The highest BCUT2D eigenvalue weighted by atomic mass is 15.2. The standard InChI is InChI=1S/C27H45N/c1-3-20-13-15-21(16-14-20)28-26-10-6-4-8-23(26)22-17-12-19(2)18-25(22)24-9-5-7-11-27(24)28/h3,19-27H,1,4-18H2,2H3. The van der Waals surface area contributed by atoms with Crippen LogP contribution in [0.15, 0.2) is 12.7 Å². The second-order valence-electron chi connectivity index (χ2n) is 11.5. The first-order valence-corrected chi connectivity index (χ1v) is 13.2. The van der Waals surface area contributed by atoms with Gasteiger partial charge < -0.3 is 0 Å². The van der Waals surface area contributed by atoms with Crippen LogP contribution in [0.4, 0.5) is 0 Å². The number of rotatable bonds is 2. The largest absolute Gasteiger partial charge is 0.294 e. The van der Waals surface area contributed by atoms with E-state index in [1.807, 2.05) is 0 Å². The Kier molecular flexibility index (Phi) is 5.93. The highest BCUT2D eigenvalue weighted by Crippen LogP contribution is 2.55. The van der Waals surface area contributed by atoms with Gasteiger partial charge in [0.1, 0.15) is 0 Å². The van der Waals surface area contributed by atoms with Crippen molar-refractivity contribution in [3.8, 4) is 0 Å². The van der Waals surface area contributed by atoms with Gasteiger partial charge in [-0.05, 0) is 99.7 Å². The summed E-state index contributed by atoms with van der Waals surface area (Å²) in [5, 5.41) is 0. The van der Waals surface area contributed by atoms with Gasteiger partial charge in [0.25, 0.3) is 0 Å². The molecule has 0 bridgehead atoms. The summed E-state index contributed by atoms with van der Waals surface area (Å²) in [5.74, 6) is 5.99. The molecular formula is C27H45N. The molecule has 0 aromatic carbocycles. The van der Waals surface area contributed by atoms with Crippen molar-refractivity contribution in [1.29, 1.82) is 0 Å². The molecule has 0 aromatic heterocycles. The van der Waals surface area contributed by atoms with Gasteiger partial charge in [0.15, 0.2) is 0 Å². The van der Waals surface area contributed by atoms with E-state index in [1.165, 1.54) is 70.6 Å². The van der Waals surface area contributed by atoms with Crippen molar-refractivity contribution in [2.75, 3.05) is 0 Å². The number of hydrogen-bond donors (Lipinski definition) is 0. The van der Waals surface area contributed by atoms with Crippen molar-refractivity contribution in [2.45, 2.75) is 121 Å². The van der Waals surface area contributed by atoms with E-state index in [0.717, 1.165) is 53.6 Å². The van der Waals surface area contributed by atoms with Crippen LogP contribution in [0.2, 0.25) is 0 Å². The number of fused-ring (bicyclic) bond motifs is 5. The van der Waals surface area contributed by atoms with E-state index in [-0.39, 0.29) is 0 Å². The normalized spacial score (nSPS) is 50.0. The minimum Gasteiger partial charge on any atom is -0.294 e. The Hall–Kier alpha value is -0.300. The van der Waals surface area contributed by atoms with Gasteiger partial charge in [-0.15, -0.1) is 6.58 Å². The first kappa shape index (κ1) is 19.7. The Morgan fingerprint density at radius 2 is 1.25 bits per heavy atom. The minimum atomic E-state index is 0.802. The Labute approximate surface area is 174 Å². The maximum Gasteiger partial charge on any atom is 0.0132 e. The van der Waals surface area contributed by atoms with E-state index in [0.29, 0.717) is 0 Å². The summed E-state index contributed by atoms with van der Waals surface area (Å²) in [6.45, 7) is 6.67. The molecule has 7 unspecified atom stereocenters. The molecule has 1 saturated heterocycles. The third-order valence-corrected chi connectivity index (χ3v) is 10.1. The van der Waals surface area contributed by atoms with Crippen LogP contribution in [0.3, 0.4) is 0 Å². The lowest BCUT2D eigenvalue weighted by atomic mass is 9.60. The predicted octanol–water partition coefficient (Wildman–Crippen LogP) is 7.22. The van der Waals surface area contributed by atoms with Crippen molar-refractivity contribution in [3.63, 3.8) is 0 Å².